The standard InChI is InChI=1S/C18H20Cl2N4O3S/c1-2-10-28(26,27)18-21-12-15(20)16(22-18)17(25)24-8-6-23(7-9-24)14-5-3-4-13(19)11-14/h3-5,11-12H,2,6-10H2,1H3. The smallest absolute Gasteiger partial charge is 0.274 e. The first-order valence-corrected chi connectivity index (χ1v) is 11.3. The van der Waals surface area contributed by atoms with Crippen LogP contribution in [0.5, 0.6) is 0 Å². The van der Waals surface area contributed by atoms with Gasteiger partial charge in [-0.3, -0.25) is 4.79 Å². The Morgan fingerprint density at radius 3 is 2.54 bits per heavy atom. The third-order valence-electron chi connectivity index (χ3n) is 4.42. The predicted molar refractivity (Wildman–Crippen MR) is 109 cm³/mol. The largest absolute Gasteiger partial charge is 0.368 e. The summed E-state index contributed by atoms with van der Waals surface area (Å²) in [5.74, 6) is -0.480. The summed E-state index contributed by atoms with van der Waals surface area (Å²) < 4.78 is 24.4. The van der Waals surface area contributed by atoms with Crippen molar-refractivity contribution < 1.29 is 13.2 Å². The van der Waals surface area contributed by atoms with Crippen LogP contribution in [0.3, 0.4) is 0 Å². The maximum Gasteiger partial charge on any atom is 0.274 e. The van der Waals surface area contributed by atoms with E-state index in [1.807, 2.05) is 24.3 Å². The molecule has 1 fully saturated rings. The van der Waals surface area contributed by atoms with E-state index in [0.29, 0.717) is 37.6 Å². The maximum absolute atomic E-state index is 12.9. The van der Waals surface area contributed by atoms with Gasteiger partial charge in [-0.1, -0.05) is 36.2 Å². The van der Waals surface area contributed by atoms with Gasteiger partial charge in [0, 0.05) is 36.9 Å². The summed E-state index contributed by atoms with van der Waals surface area (Å²) in [6.07, 6.45) is 1.61. The van der Waals surface area contributed by atoms with Gasteiger partial charge in [0.15, 0.2) is 5.69 Å². The lowest BCUT2D eigenvalue weighted by atomic mass is 10.2. The molecule has 150 valence electrons. The number of hydrogen-bond acceptors (Lipinski definition) is 6. The molecule has 0 unspecified atom stereocenters. The molecule has 1 amide bonds. The maximum atomic E-state index is 12.9. The van der Waals surface area contributed by atoms with E-state index in [2.05, 4.69) is 14.9 Å². The van der Waals surface area contributed by atoms with Crippen LogP contribution in [-0.2, 0) is 9.84 Å². The number of carbonyl (C=O) groups excluding carboxylic acids is 1. The van der Waals surface area contributed by atoms with Crippen LogP contribution in [-0.4, -0.2) is 61.1 Å². The molecule has 0 aliphatic carbocycles. The van der Waals surface area contributed by atoms with Crippen LogP contribution >= 0.6 is 23.2 Å². The molecule has 1 aromatic heterocycles. The van der Waals surface area contributed by atoms with Crippen LogP contribution in [0.2, 0.25) is 10.0 Å². The SMILES string of the molecule is CCCS(=O)(=O)c1ncc(Cl)c(C(=O)N2CCN(c3cccc(Cl)c3)CC2)n1. The van der Waals surface area contributed by atoms with E-state index in [0.717, 1.165) is 5.69 Å². The fourth-order valence-corrected chi connectivity index (χ4v) is 4.52. The van der Waals surface area contributed by atoms with Crippen LogP contribution in [0.1, 0.15) is 23.8 Å². The van der Waals surface area contributed by atoms with Gasteiger partial charge in [0.2, 0.25) is 15.0 Å². The predicted octanol–water partition coefficient (Wildman–Crippen LogP) is 2.93. The van der Waals surface area contributed by atoms with Crippen molar-refractivity contribution in [3.63, 3.8) is 0 Å². The van der Waals surface area contributed by atoms with E-state index >= 15 is 0 Å². The second-order valence-electron chi connectivity index (χ2n) is 6.43. The number of benzene rings is 1. The molecule has 0 spiro atoms. The first-order chi connectivity index (χ1) is 13.3. The molecule has 1 saturated heterocycles. The molecule has 0 saturated carbocycles. The van der Waals surface area contributed by atoms with Gasteiger partial charge in [-0.2, -0.15) is 0 Å². The number of rotatable bonds is 5. The first-order valence-electron chi connectivity index (χ1n) is 8.87. The van der Waals surface area contributed by atoms with E-state index in [-0.39, 0.29) is 21.6 Å². The molecule has 0 N–H and O–H groups in total. The number of hydrogen-bond donors (Lipinski definition) is 0. The number of sulfone groups is 1. The average Bonchev–Trinajstić information content (AvgIpc) is 2.68. The summed E-state index contributed by atoms with van der Waals surface area (Å²) in [4.78, 5) is 24.4. The topological polar surface area (TPSA) is 83.5 Å². The van der Waals surface area contributed by atoms with E-state index in [1.165, 1.54) is 6.20 Å². The number of halogens is 2. The number of nitrogens with zero attached hydrogens (tertiary/aromatic N) is 4. The minimum absolute atomic E-state index is 0.0396. The van der Waals surface area contributed by atoms with Crippen molar-refractivity contribution in [2.24, 2.45) is 0 Å². The molecule has 0 atom stereocenters. The lowest BCUT2D eigenvalue weighted by Gasteiger charge is -2.36. The zero-order valence-electron chi connectivity index (χ0n) is 15.3. The highest BCUT2D eigenvalue weighted by atomic mass is 35.5. The third-order valence-corrected chi connectivity index (χ3v) is 6.63. The Bertz CT molecular complexity index is 977. The lowest BCUT2D eigenvalue weighted by Crippen LogP contribution is -2.49. The van der Waals surface area contributed by atoms with Crippen LogP contribution in [0.25, 0.3) is 0 Å². The van der Waals surface area contributed by atoms with Crippen molar-refractivity contribution in [3.8, 4) is 0 Å². The fourth-order valence-electron chi connectivity index (χ4n) is 3.00. The molecule has 7 nitrogen and oxygen atoms in total. The van der Waals surface area contributed by atoms with Gasteiger partial charge in [-0.15, -0.1) is 0 Å². The number of anilines is 1. The highest BCUT2D eigenvalue weighted by Gasteiger charge is 2.27. The summed E-state index contributed by atoms with van der Waals surface area (Å²) >= 11 is 12.1. The van der Waals surface area contributed by atoms with E-state index in [9.17, 15) is 13.2 Å². The Labute approximate surface area is 174 Å². The molecule has 1 aromatic carbocycles. The van der Waals surface area contributed by atoms with Gasteiger partial charge in [-0.05, 0) is 24.6 Å². The Morgan fingerprint density at radius 1 is 1.18 bits per heavy atom. The fraction of sp³-hybridized carbons (Fsp3) is 0.389. The quantitative estimate of drug-likeness (QED) is 0.661. The van der Waals surface area contributed by atoms with E-state index in [1.54, 1.807) is 11.8 Å². The minimum atomic E-state index is -3.64. The van der Waals surface area contributed by atoms with Crippen molar-refractivity contribution >= 4 is 44.6 Å². The molecule has 1 aliphatic heterocycles. The van der Waals surface area contributed by atoms with Crippen molar-refractivity contribution in [3.05, 3.63) is 46.2 Å². The van der Waals surface area contributed by atoms with Crippen molar-refractivity contribution in [1.82, 2.24) is 14.9 Å². The summed E-state index contributed by atoms with van der Waals surface area (Å²) in [5, 5.41) is 0.335. The number of amides is 1. The molecule has 10 heteroatoms. The average molecular weight is 443 g/mol. The molecular formula is C18H20Cl2N4O3S. The highest BCUT2D eigenvalue weighted by molar-refractivity contribution is 7.91. The van der Waals surface area contributed by atoms with Crippen molar-refractivity contribution in [1.29, 1.82) is 0 Å². The number of carbonyl (C=O) groups is 1. The molecule has 28 heavy (non-hydrogen) atoms. The summed E-state index contributed by atoms with van der Waals surface area (Å²) in [6, 6.07) is 7.54. The normalized spacial score (nSPS) is 15.0. The van der Waals surface area contributed by atoms with Gasteiger partial charge in [-0.25, -0.2) is 18.4 Å². The Morgan fingerprint density at radius 2 is 1.89 bits per heavy atom. The van der Waals surface area contributed by atoms with Crippen LogP contribution in [0.4, 0.5) is 5.69 Å². The van der Waals surface area contributed by atoms with Gasteiger partial charge in [0.1, 0.15) is 0 Å². The molecule has 2 heterocycles. The van der Waals surface area contributed by atoms with Crippen LogP contribution in [0.15, 0.2) is 35.6 Å². The monoisotopic (exact) mass is 442 g/mol. The van der Waals surface area contributed by atoms with Crippen LogP contribution in [0, 0.1) is 0 Å². The van der Waals surface area contributed by atoms with Crippen LogP contribution < -0.4 is 4.90 Å². The number of aromatic nitrogens is 2. The Kier molecular flexibility index (Phi) is 6.42. The lowest BCUT2D eigenvalue weighted by molar-refractivity contribution is 0.0740. The highest BCUT2D eigenvalue weighted by Crippen LogP contribution is 2.22. The molecular weight excluding hydrogens is 423 g/mol. The molecule has 0 bridgehead atoms. The second kappa shape index (κ2) is 8.63. The summed E-state index contributed by atoms with van der Waals surface area (Å²) in [5.41, 5.74) is 0.912. The second-order valence-corrected chi connectivity index (χ2v) is 9.27. The zero-order chi connectivity index (χ0) is 20.3. The van der Waals surface area contributed by atoms with Crippen molar-refractivity contribution in [2.75, 3.05) is 36.8 Å². The van der Waals surface area contributed by atoms with Gasteiger partial charge >= 0.3 is 0 Å². The third kappa shape index (κ3) is 4.56. The number of piperazine rings is 1. The Balaban J connectivity index is 1.75. The van der Waals surface area contributed by atoms with Gasteiger partial charge in [0.25, 0.3) is 5.91 Å². The van der Waals surface area contributed by atoms with E-state index in [4.69, 9.17) is 23.2 Å². The molecule has 0 radical (unpaired) electrons. The zero-order valence-corrected chi connectivity index (χ0v) is 17.6. The van der Waals surface area contributed by atoms with E-state index < -0.39 is 15.7 Å². The van der Waals surface area contributed by atoms with Gasteiger partial charge in [0.05, 0.1) is 17.0 Å². The molecule has 1 aliphatic rings. The van der Waals surface area contributed by atoms with Crippen molar-refractivity contribution in [2.45, 2.75) is 18.5 Å². The van der Waals surface area contributed by atoms with Gasteiger partial charge < -0.3 is 9.80 Å². The minimum Gasteiger partial charge on any atom is -0.368 e. The summed E-state index contributed by atoms with van der Waals surface area (Å²) in [7, 11) is -3.64. The molecule has 3 rings (SSSR count). The first kappa shape index (κ1) is 20.8. The summed E-state index contributed by atoms with van der Waals surface area (Å²) in [6.45, 7) is 3.91. The Hall–Kier alpha value is -1.90. The molecule has 2 aromatic rings.